The molecule has 0 aliphatic rings. The molecule has 1 unspecified atom stereocenters. The number of anilines is 1. The van der Waals surface area contributed by atoms with Crippen molar-refractivity contribution >= 4 is 11.6 Å². The zero-order valence-electron chi connectivity index (χ0n) is 10.7. The molecule has 1 aromatic rings. The van der Waals surface area contributed by atoms with Crippen molar-refractivity contribution in [1.82, 2.24) is 5.32 Å². The average Bonchev–Trinajstić information content (AvgIpc) is 2.37. The molecule has 0 saturated heterocycles. The number of carbonyl (C=O) groups excluding carboxylic acids is 1. The fourth-order valence-corrected chi connectivity index (χ4v) is 1.68. The van der Waals surface area contributed by atoms with Gasteiger partial charge in [-0.05, 0) is 18.2 Å². The third kappa shape index (κ3) is 3.20. The van der Waals surface area contributed by atoms with Crippen LogP contribution in [0.5, 0.6) is 0 Å². The molecule has 0 saturated carbocycles. The van der Waals surface area contributed by atoms with Crippen LogP contribution in [0.15, 0.2) is 18.2 Å². The Bertz CT molecular complexity index is 482. The molecule has 1 amide bonds. The highest BCUT2D eigenvalue weighted by Gasteiger charge is 2.14. The van der Waals surface area contributed by atoms with E-state index in [2.05, 4.69) is 5.32 Å². The maximum Gasteiger partial charge on any atom is 0.224 e. The Morgan fingerprint density at radius 3 is 2.78 bits per heavy atom. The van der Waals surface area contributed by atoms with Gasteiger partial charge in [-0.15, -0.1) is 0 Å². The van der Waals surface area contributed by atoms with Crippen LogP contribution in [0.1, 0.15) is 12.5 Å². The molecular formula is C13H16FN3O. The van der Waals surface area contributed by atoms with Gasteiger partial charge in [0.15, 0.2) is 0 Å². The summed E-state index contributed by atoms with van der Waals surface area (Å²) >= 11 is 0. The summed E-state index contributed by atoms with van der Waals surface area (Å²) in [5.41, 5.74) is 0.661. The van der Waals surface area contributed by atoms with Gasteiger partial charge < -0.3 is 10.2 Å². The van der Waals surface area contributed by atoms with Gasteiger partial charge in [0.05, 0.1) is 11.5 Å². The van der Waals surface area contributed by atoms with Gasteiger partial charge in [0.25, 0.3) is 0 Å². The summed E-state index contributed by atoms with van der Waals surface area (Å²) in [7, 11) is 3.36. The fourth-order valence-electron chi connectivity index (χ4n) is 1.68. The molecule has 0 bridgehead atoms. The van der Waals surface area contributed by atoms with Crippen molar-refractivity contribution in [2.45, 2.75) is 6.92 Å². The molecular weight excluding hydrogens is 233 g/mol. The number of hydrogen-bond acceptors (Lipinski definition) is 3. The summed E-state index contributed by atoms with van der Waals surface area (Å²) in [6.07, 6.45) is 0. The minimum absolute atomic E-state index is 0.0199. The molecule has 96 valence electrons. The van der Waals surface area contributed by atoms with Gasteiger partial charge in [0.2, 0.25) is 5.91 Å². The maximum atomic E-state index is 13.4. The number of benzene rings is 1. The van der Waals surface area contributed by atoms with E-state index in [4.69, 9.17) is 5.26 Å². The predicted molar refractivity (Wildman–Crippen MR) is 67.6 cm³/mol. The van der Waals surface area contributed by atoms with E-state index in [1.807, 2.05) is 0 Å². The zero-order valence-corrected chi connectivity index (χ0v) is 10.7. The molecule has 0 aromatic heterocycles. The number of rotatable bonds is 4. The van der Waals surface area contributed by atoms with Crippen LogP contribution in [0.2, 0.25) is 0 Å². The van der Waals surface area contributed by atoms with Crippen LogP contribution < -0.4 is 10.2 Å². The topological polar surface area (TPSA) is 56.1 Å². The molecule has 0 heterocycles. The second-order valence-electron chi connectivity index (χ2n) is 4.17. The summed E-state index contributed by atoms with van der Waals surface area (Å²) in [5, 5.41) is 11.2. The van der Waals surface area contributed by atoms with E-state index < -0.39 is 5.82 Å². The Morgan fingerprint density at radius 1 is 1.61 bits per heavy atom. The highest BCUT2D eigenvalue weighted by Crippen LogP contribution is 2.18. The Hall–Kier alpha value is -2.09. The molecule has 1 rings (SSSR count). The molecule has 18 heavy (non-hydrogen) atoms. The van der Waals surface area contributed by atoms with Crippen molar-refractivity contribution < 1.29 is 9.18 Å². The molecule has 0 aliphatic heterocycles. The lowest BCUT2D eigenvalue weighted by molar-refractivity contribution is -0.123. The molecule has 4 nitrogen and oxygen atoms in total. The van der Waals surface area contributed by atoms with Crippen LogP contribution >= 0.6 is 0 Å². The van der Waals surface area contributed by atoms with E-state index in [0.717, 1.165) is 0 Å². The van der Waals surface area contributed by atoms with Crippen molar-refractivity contribution in [3.8, 4) is 6.07 Å². The SMILES string of the molecule is CNC(=O)C(C)CN(C)c1ccc(C#N)c(F)c1. The highest BCUT2D eigenvalue weighted by atomic mass is 19.1. The van der Waals surface area contributed by atoms with E-state index in [1.54, 1.807) is 38.1 Å². The predicted octanol–water partition coefficient (Wildman–Crippen LogP) is 1.52. The van der Waals surface area contributed by atoms with Gasteiger partial charge in [-0.2, -0.15) is 5.26 Å². The molecule has 0 radical (unpaired) electrons. The third-order valence-corrected chi connectivity index (χ3v) is 2.76. The van der Waals surface area contributed by atoms with Crippen LogP contribution in [0.25, 0.3) is 0 Å². The largest absolute Gasteiger partial charge is 0.374 e. The Morgan fingerprint density at radius 2 is 2.28 bits per heavy atom. The van der Waals surface area contributed by atoms with Crippen LogP contribution in [0.4, 0.5) is 10.1 Å². The summed E-state index contributed by atoms with van der Waals surface area (Å²) in [6, 6.07) is 6.17. The minimum atomic E-state index is -0.547. The lowest BCUT2D eigenvalue weighted by Crippen LogP contribution is -2.34. The second-order valence-corrected chi connectivity index (χ2v) is 4.17. The van der Waals surface area contributed by atoms with E-state index in [-0.39, 0.29) is 17.4 Å². The van der Waals surface area contributed by atoms with E-state index in [1.165, 1.54) is 12.1 Å². The quantitative estimate of drug-likeness (QED) is 0.880. The smallest absolute Gasteiger partial charge is 0.224 e. The first-order chi connectivity index (χ1) is 8.49. The monoisotopic (exact) mass is 249 g/mol. The second kappa shape index (κ2) is 6.01. The van der Waals surface area contributed by atoms with Crippen molar-refractivity contribution in [1.29, 1.82) is 5.26 Å². The molecule has 0 fully saturated rings. The van der Waals surface area contributed by atoms with Crippen LogP contribution in [0, 0.1) is 23.1 Å². The molecule has 5 heteroatoms. The first-order valence-electron chi connectivity index (χ1n) is 5.62. The van der Waals surface area contributed by atoms with E-state index >= 15 is 0 Å². The average molecular weight is 249 g/mol. The molecule has 0 spiro atoms. The Kier molecular flexibility index (Phi) is 4.67. The van der Waals surface area contributed by atoms with Gasteiger partial charge in [-0.3, -0.25) is 4.79 Å². The number of nitrogens with zero attached hydrogens (tertiary/aromatic N) is 2. The van der Waals surface area contributed by atoms with E-state index in [0.29, 0.717) is 12.2 Å². The van der Waals surface area contributed by atoms with Crippen molar-refractivity contribution in [3.05, 3.63) is 29.6 Å². The van der Waals surface area contributed by atoms with Gasteiger partial charge in [0, 0.05) is 26.3 Å². The van der Waals surface area contributed by atoms with E-state index in [9.17, 15) is 9.18 Å². The Balaban J connectivity index is 2.79. The normalized spacial score (nSPS) is 11.5. The number of hydrogen-bond donors (Lipinski definition) is 1. The standard InChI is InChI=1S/C13H16FN3O/c1-9(13(18)16-2)8-17(3)11-5-4-10(7-15)12(14)6-11/h4-6,9H,8H2,1-3H3,(H,16,18). The highest BCUT2D eigenvalue weighted by molar-refractivity contribution is 5.78. The lowest BCUT2D eigenvalue weighted by Gasteiger charge is -2.22. The van der Waals surface area contributed by atoms with Gasteiger partial charge >= 0.3 is 0 Å². The summed E-state index contributed by atoms with van der Waals surface area (Å²) in [4.78, 5) is 13.2. The first-order valence-corrected chi connectivity index (χ1v) is 5.62. The van der Waals surface area contributed by atoms with Crippen molar-refractivity contribution in [2.75, 3.05) is 25.5 Å². The summed E-state index contributed by atoms with van der Waals surface area (Å²) in [6.45, 7) is 2.28. The number of nitrogens with one attached hydrogen (secondary N) is 1. The first kappa shape index (κ1) is 14.0. The molecule has 1 N–H and O–H groups in total. The summed E-state index contributed by atoms with van der Waals surface area (Å²) in [5.74, 6) is -0.802. The molecule has 0 aliphatic carbocycles. The molecule has 1 aromatic carbocycles. The van der Waals surface area contributed by atoms with Crippen LogP contribution in [-0.2, 0) is 4.79 Å². The maximum absolute atomic E-state index is 13.4. The van der Waals surface area contributed by atoms with Crippen molar-refractivity contribution in [3.63, 3.8) is 0 Å². The Labute approximate surface area is 106 Å². The zero-order chi connectivity index (χ0) is 13.7. The number of carbonyl (C=O) groups is 1. The number of nitriles is 1. The molecule has 1 atom stereocenters. The third-order valence-electron chi connectivity index (χ3n) is 2.76. The minimum Gasteiger partial charge on any atom is -0.374 e. The van der Waals surface area contributed by atoms with Crippen LogP contribution in [0.3, 0.4) is 0 Å². The fraction of sp³-hybridized carbons (Fsp3) is 0.385. The summed E-state index contributed by atoms with van der Waals surface area (Å²) < 4.78 is 13.4. The van der Waals surface area contributed by atoms with Gasteiger partial charge in [-0.25, -0.2) is 4.39 Å². The van der Waals surface area contributed by atoms with Gasteiger partial charge in [-0.1, -0.05) is 6.92 Å². The van der Waals surface area contributed by atoms with Crippen LogP contribution in [-0.4, -0.2) is 26.5 Å². The number of amides is 1. The number of halogens is 1. The lowest BCUT2D eigenvalue weighted by atomic mass is 10.1. The van der Waals surface area contributed by atoms with Gasteiger partial charge in [0.1, 0.15) is 11.9 Å². The van der Waals surface area contributed by atoms with Crippen molar-refractivity contribution in [2.24, 2.45) is 5.92 Å².